The van der Waals surface area contributed by atoms with Gasteiger partial charge >= 0.3 is 0 Å². The molecule has 0 aliphatic carbocycles. The molecule has 154 valence electrons. The van der Waals surface area contributed by atoms with Gasteiger partial charge in [-0.1, -0.05) is 6.07 Å². The molecular weight excluding hydrogens is 372 g/mol. The highest BCUT2D eigenvalue weighted by Gasteiger charge is 2.25. The summed E-state index contributed by atoms with van der Waals surface area (Å²) in [5.41, 5.74) is 2.11. The van der Waals surface area contributed by atoms with Gasteiger partial charge in [-0.25, -0.2) is 0 Å². The van der Waals surface area contributed by atoms with Gasteiger partial charge in [-0.2, -0.15) is 0 Å². The molecule has 1 saturated heterocycles. The molecule has 0 atom stereocenters. The molecule has 1 aliphatic heterocycles. The SMILES string of the molecule is COc1cc(C(=O)Nc2cc(OC)c(OC)cc2C(=O)N2CCCC2)ccc1C. The summed E-state index contributed by atoms with van der Waals surface area (Å²) in [4.78, 5) is 27.7. The van der Waals surface area contributed by atoms with Crippen LogP contribution in [0.4, 0.5) is 5.69 Å². The van der Waals surface area contributed by atoms with Gasteiger partial charge in [-0.05, 0) is 43.5 Å². The van der Waals surface area contributed by atoms with Crippen molar-refractivity contribution in [1.29, 1.82) is 0 Å². The summed E-state index contributed by atoms with van der Waals surface area (Å²) in [6, 6.07) is 8.44. The van der Waals surface area contributed by atoms with Gasteiger partial charge in [0.2, 0.25) is 0 Å². The van der Waals surface area contributed by atoms with Crippen molar-refractivity contribution in [3.63, 3.8) is 0 Å². The quantitative estimate of drug-likeness (QED) is 0.806. The molecule has 2 amide bonds. The predicted molar refractivity (Wildman–Crippen MR) is 110 cm³/mol. The van der Waals surface area contributed by atoms with Crippen LogP contribution in [0.5, 0.6) is 17.2 Å². The lowest BCUT2D eigenvalue weighted by molar-refractivity contribution is 0.0793. The number of nitrogens with one attached hydrogen (secondary N) is 1. The van der Waals surface area contributed by atoms with Crippen molar-refractivity contribution >= 4 is 17.5 Å². The minimum atomic E-state index is -0.342. The highest BCUT2D eigenvalue weighted by atomic mass is 16.5. The lowest BCUT2D eigenvalue weighted by Gasteiger charge is -2.20. The molecule has 7 nitrogen and oxygen atoms in total. The van der Waals surface area contributed by atoms with Crippen molar-refractivity contribution in [1.82, 2.24) is 4.90 Å². The van der Waals surface area contributed by atoms with Crippen LogP contribution >= 0.6 is 0 Å². The van der Waals surface area contributed by atoms with E-state index < -0.39 is 0 Å². The zero-order chi connectivity index (χ0) is 21.0. The summed E-state index contributed by atoms with van der Waals surface area (Å²) in [7, 11) is 4.58. The van der Waals surface area contributed by atoms with Gasteiger partial charge in [0, 0.05) is 24.7 Å². The smallest absolute Gasteiger partial charge is 0.256 e. The highest BCUT2D eigenvalue weighted by Crippen LogP contribution is 2.35. The Morgan fingerprint density at radius 2 is 1.52 bits per heavy atom. The molecule has 1 N–H and O–H groups in total. The molecule has 0 bridgehead atoms. The first-order valence-corrected chi connectivity index (χ1v) is 9.49. The standard InChI is InChI=1S/C22H26N2O5/c1-14-7-8-15(11-18(14)27-2)21(25)23-17-13-20(29-4)19(28-3)12-16(17)22(26)24-9-5-6-10-24/h7-8,11-13H,5-6,9-10H2,1-4H3,(H,23,25). The molecule has 0 saturated carbocycles. The Bertz CT molecular complexity index is 920. The van der Waals surface area contributed by atoms with E-state index in [0.29, 0.717) is 47.2 Å². The van der Waals surface area contributed by atoms with E-state index in [9.17, 15) is 9.59 Å². The molecule has 0 radical (unpaired) electrons. The van der Waals surface area contributed by atoms with E-state index >= 15 is 0 Å². The molecule has 0 aromatic heterocycles. The Labute approximate surface area is 170 Å². The Balaban J connectivity index is 1.97. The molecule has 0 spiro atoms. The van der Waals surface area contributed by atoms with Crippen molar-refractivity contribution in [2.75, 3.05) is 39.7 Å². The maximum Gasteiger partial charge on any atom is 0.256 e. The molecule has 0 unspecified atom stereocenters. The molecule has 1 aliphatic rings. The molecule has 2 aromatic rings. The number of methoxy groups -OCH3 is 3. The van der Waals surface area contributed by atoms with Crippen molar-refractivity contribution in [3.8, 4) is 17.2 Å². The molecule has 29 heavy (non-hydrogen) atoms. The first-order chi connectivity index (χ1) is 14.0. The van der Waals surface area contributed by atoms with Crippen molar-refractivity contribution < 1.29 is 23.8 Å². The van der Waals surface area contributed by atoms with Crippen molar-refractivity contribution in [3.05, 3.63) is 47.0 Å². The summed E-state index contributed by atoms with van der Waals surface area (Å²) in [6.07, 6.45) is 1.95. The molecule has 2 aromatic carbocycles. The van der Waals surface area contributed by atoms with E-state index in [1.807, 2.05) is 13.0 Å². The van der Waals surface area contributed by atoms with Gasteiger partial charge in [0.15, 0.2) is 11.5 Å². The second kappa shape index (κ2) is 8.86. The summed E-state index contributed by atoms with van der Waals surface area (Å²) in [5, 5.41) is 2.85. The van der Waals surface area contributed by atoms with Gasteiger partial charge in [0.1, 0.15) is 5.75 Å². The Morgan fingerprint density at radius 3 is 2.14 bits per heavy atom. The zero-order valence-electron chi connectivity index (χ0n) is 17.2. The molecular formula is C22H26N2O5. The van der Waals surface area contributed by atoms with E-state index in [-0.39, 0.29) is 11.8 Å². The maximum absolute atomic E-state index is 13.1. The van der Waals surface area contributed by atoms with Crippen LogP contribution in [0.1, 0.15) is 39.1 Å². The average molecular weight is 398 g/mol. The average Bonchev–Trinajstić information content (AvgIpc) is 3.28. The normalized spacial score (nSPS) is 13.2. The number of nitrogens with zero attached hydrogens (tertiary/aromatic N) is 1. The number of carbonyl (C=O) groups is 2. The summed E-state index contributed by atoms with van der Waals surface area (Å²) in [6.45, 7) is 3.31. The van der Waals surface area contributed by atoms with E-state index in [2.05, 4.69) is 5.32 Å². The Morgan fingerprint density at radius 1 is 0.897 bits per heavy atom. The van der Waals surface area contributed by atoms with Gasteiger partial charge < -0.3 is 24.4 Å². The van der Waals surface area contributed by atoms with Gasteiger partial charge in [0.05, 0.1) is 32.6 Å². The summed E-state index contributed by atoms with van der Waals surface area (Å²) >= 11 is 0. The maximum atomic E-state index is 13.1. The monoisotopic (exact) mass is 398 g/mol. The number of hydrogen-bond acceptors (Lipinski definition) is 5. The van der Waals surface area contributed by atoms with Crippen LogP contribution in [0.25, 0.3) is 0 Å². The summed E-state index contributed by atoms with van der Waals surface area (Å²) in [5.74, 6) is 1.01. The number of ether oxygens (including phenoxy) is 3. The second-order valence-electron chi connectivity index (χ2n) is 6.89. The molecule has 3 rings (SSSR count). The minimum absolute atomic E-state index is 0.139. The first-order valence-electron chi connectivity index (χ1n) is 9.49. The van der Waals surface area contributed by atoms with Gasteiger partial charge in [-0.3, -0.25) is 9.59 Å². The zero-order valence-corrected chi connectivity index (χ0v) is 17.2. The number of anilines is 1. The fourth-order valence-electron chi connectivity index (χ4n) is 3.41. The predicted octanol–water partition coefficient (Wildman–Crippen LogP) is 3.51. The number of carbonyl (C=O) groups excluding carboxylic acids is 2. The van der Waals surface area contributed by atoms with Crippen LogP contribution in [0.15, 0.2) is 30.3 Å². The third-order valence-corrected chi connectivity index (χ3v) is 5.07. The third kappa shape index (κ3) is 4.29. The fourth-order valence-corrected chi connectivity index (χ4v) is 3.41. The van der Waals surface area contributed by atoms with Crippen LogP contribution in [-0.2, 0) is 0 Å². The Kier molecular flexibility index (Phi) is 6.26. The number of amides is 2. The van der Waals surface area contributed by atoms with Crippen molar-refractivity contribution in [2.24, 2.45) is 0 Å². The van der Waals surface area contributed by atoms with Gasteiger partial charge in [-0.15, -0.1) is 0 Å². The molecule has 7 heteroatoms. The lowest BCUT2D eigenvalue weighted by Crippen LogP contribution is -2.29. The van der Waals surface area contributed by atoms with E-state index in [1.54, 1.807) is 36.3 Å². The largest absolute Gasteiger partial charge is 0.496 e. The third-order valence-electron chi connectivity index (χ3n) is 5.07. The first kappa shape index (κ1) is 20.5. The fraction of sp³-hybridized carbons (Fsp3) is 0.364. The minimum Gasteiger partial charge on any atom is -0.496 e. The summed E-state index contributed by atoms with van der Waals surface area (Å²) < 4.78 is 16.0. The number of likely N-dealkylation sites (tertiary alicyclic amines) is 1. The van der Waals surface area contributed by atoms with Crippen molar-refractivity contribution in [2.45, 2.75) is 19.8 Å². The number of aryl methyl sites for hydroxylation is 1. The number of rotatable bonds is 6. The lowest BCUT2D eigenvalue weighted by atomic mass is 10.1. The molecule has 1 heterocycles. The molecule has 1 fully saturated rings. The second-order valence-corrected chi connectivity index (χ2v) is 6.89. The highest BCUT2D eigenvalue weighted by molar-refractivity contribution is 6.09. The number of benzene rings is 2. The van der Waals surface area contributed by atoms with Crippen LogP contribution in [-0.4, -0.2) is 51.1 Å². The van der Waals surface area contributed by atoms with E-state index in [4.69, 9.17) is 14.2 Å². The van der Waals surface area contributed by atoms with E-state index in [0.717, 1.165) is 18.4 Å². The van der Waals surface area contributed by atoms with Gasteiger partial charge in [0.25, 0.3) is 11.8 Å². The van der Waals surface area contributed by atoms with Crippen LogP contribution < -0.4 is 19.5 Å². The topological polar surface area (TPSA) is 77.1 Å². The van der Waals surface area contributed by atoms with Crippen LogP contribution in [0, 0.1) is 6.92 Å². The Hall–Kier alpha value is -3.22. The van der Waals surface area contributed by atoms with Crippen LogP contribution in [0.3, 0.4) is 0 Å². The van der Waals surface area contributed by atoms with E-state index in [1.165, 1.54) is 14.2 Å². The number of hydrogen-bond donors (Lipinski definition) is 1. The van der Waals surface area contributed by atoms with Crippen LogP contribution in [0.2, 0.25) is 0 Å².